The van der Waals surface area contributed by atoms with E-state index >= 15 is 0 Å². The van der Waals surface area contributed by atoms with Gasteiger partial charge in [-0.15, -0.1) is 3.82 Å². The maximum Gasteiger partial charge on any atom is 0.416 e. The van der Waals surface area contributed by atoms with Crippen molar-refractivity contribution >= 4 is 21.8 Å². The number of benzene rings is 2. The van der Waals surface area contributed by atoms with Gasteiger partial charge in [0, 0.05) is 0 Å². The second-order valence-electron chi connectivity index (χ2n) is 4.96. The Morgan fingerprint density at radius 3 is 2.00 bits per heavy atom. The zero-order chi connectivity index (χ0) is 17.3. The number of hydrogen-bond donors (Lipinski definition) is 0. The van der Waals surface area contributed by atoms with Crippen molar-refractivity contribution in [1.82, 2.24) is 3.82 Å². The summed E-state index contributed by atoms with van der Waals surface area (Å²) in [7, 11) is -3.92. The molecule has 0 heterocycles. The first-order valence-corrected chi connectivity index (χ1v) is 8.30. The number of rotatable bonds is 4. The fraction of sp³-hybridized carbons (Fsp3) is 0.200. The molecule has 0 bridgehead atoms. The van der Waals surface area contributed by atoms with Crippen molar-refractivity contribution in [3.05, 3.63) is 65.2 Å². The van der Waals surface area contributed by atoms with Crippen molar-refractivity contribution in [1.29, 1.82) is 0 Å². The Bertz CT molecular complexity index is 772. The summed E-state index contributed by atoms with van der Waals surface area (Å²) in [4.78, 5) is 0.0185. The molecule has 0 aromatic heterocycles. The smallest absolute Gasteiger partial charge is 0.206 e. The van der Waals surface area contributed by atoms with Gasteiger partial charge in [-0.2, -0.15) is 13.2 Å². The number of alkyl halides is 3. The third kappa shape index (κ3) is 4.25. The number of sulfonamides is 1. The van der Waals surface area contributed by atoms with E-state index in [-0.39, 0.29) is 11.4 Å². The maximum absolute atomic E-state index is 12.5. The summed E-state index contributed by atoms with van der Waals surface area (Å²) >= 11 is 5.83. The summed E-state index contributed by atoms with van der Waals surface area (Å²) in [5, 5.41) is 0. The highest BCUT2D eigenvalue weighted by molar-refractivity contribution is 7.90. The molecular weight excluding hydrogens is 351 g/mol. The first-order valence-electron chi connectivity index (χ1n) is 6.52. The van der Waals surface area contributed by atoms with Crippen molar-refractivity contribution in [2.75, 3.05) is 0 Å². The lowest BCUT2D eigenvalue weighted by atomic mass is 10.1. The standard InChI is InChI=1S/C15H13ClF3NO2S/c1-11-2-8-14(9-3-11)23(21,22)20(16)10-12-4-6-13(7-5-12)15(17,18)19/h2-9H,10H2,1H3. The summed E-state index contributed by atoms with van der Waals surface area (Å²) in [6.45, 7) is 1.58. The number of aryl methyl sites for hydroxylation is 1. The van der Waals surface area contributed by atoms with Gasteiger partial charge in [-0.3, -0.25) is 0 Å². The van der Waals surface area contributed by atoms with Crippen LogP contribution in [-0.2, 0) is 22.7 Å². The average molecular weight is 364 g/mol. The second kappa shape index (κ2) is 6.51. The van der Waals surface area contributed by atoms with Crippen LogP contribution in [0.4, 0.5) is 13.2 Å². The summed E-state index contributed by atoms with van der Waals surface area (Å²) in [6.07, 6.45) is -4.44. The summed E-state index contributed by atoms with van der Waals surface area (Å²) in [5.74, 6) is 0. The van der Waals surface area contributed by atoms with Crippen LogP contribution in [0, 0.1) is 6.92 Å². The predicted octanol–water partition coefficient (Wildman–Crippen LogP) is 4.36. The first-order chi connectivity index (χ1) is 10.6. The minimum Gasteiger partial charge on any atom is -0.206 e. The zero-order valence-electron chi connectivity index (χ0n) is 12.0. The van der Waals surface area contributed by atoms with Crippen molar-refractivity contribution < 1.29 is 21.6 Å². The van der Waals surface area contributed by atoms with Crippen LogP contribution in [0.25, 0.3) is 0 Å². The minimum atomic E-state index is -4.44. The minimum absolute atomic E-state index is 0.0185. The van der Waals surface area contributed by atoms with Gasteiger partial charge in [0.2, 0.25) is 0 Å². The van der Waals surface area contributed by atoms with E-state index in [1.165, 1.54) is 24.3 Å². The van der Waals surface area contributed by atoms with Gasteiger partial charge < -0.3 is 0 Å². The molecule has 23 heavy (non-hydrogen) atoms. The molecule has 0 aliphatic heterocycles. The third-order valence-corrected chi connectivity index (χ3v) is 5.35. The van der Waals surface area contributed by atoms with Crippen LogP contribution in [0.3, 0.4) is 0 Å². The van der Waals surface area contributed by atoms with Gasteiger partial charge in [-0.05, 0) is 48.5 Å². The molecular formula is C15H13ClF3NO2S. The van der Waals surface area contributed by atoms with Crippen LogP contribution >= 0.6 is 11.8 Å². The molecule has 0 saturated heterocycles. The van der Waals surface area contributed by atoms with Gasteiger partial charge >= 0.3 is 6.18 Å². The summed E-state index contributed by atoms with van der Waals surface area (Å²) in [6, 6.07) is 10.3. The largest absolute Gasteiger partial charge is 0.416 e. The van der Waals surface area contributed by atoms with Crippen molar-refractivity contribution in [2.45, 2.75) is 24.5 Å². The summed E-state index contributed by atoms with van der Waals surface area (Å²) in [5.41, 5.74) is 0.445. The Kier molecular flexibility index (Phi) is 5.03. The fourth-order valence-corrected chi connectivity index (χ4v) is 3.26. The molecule has 0 atom stereocenters. The summed E-state index contributed by atoms with van der Waals surface area (Å²) < 4.78 is 62.6. The molecule has 124 valence electrons. The molecule has 0 unspecified atom stereocenters. The van der Waals surface area contributed by atoms with Gasteiger partial charge in [0.25, 0.3) is 10.0 Å². The highest BCUT2D eigenvalue weighted by Gasteiger charge is 2.30. The van der Waals surface area contributed by atoms with Crippen LogP contribution in [0.5, 0.6) is 0 Å². The zero-order valence-corrected chi connectivity index (χ0v) is 13.6. The molecule has 0 saturated carbocycles. The average Bonchev–Trinajstić information content (AvgIpc) is 2.47. The van der Waals surface area contributed by atoms with E-state index in [9.17, 15) is 21.6 Å². The van der Waals surface area contributed by atoms with E-state index in [0.29, 0.717) is 9.39 Å². The van der Waals surface area contributed by atoms with Gasteiger partial charge in [-0.25, -0.2) is 8.42 Å². The maximum atomic E-state index is 12.5. The van der Waals surface area contributed by atoms with E-state index in [1.54, 1.807) is 12.1 Å². The molecule has 2 aromatic carbocycles. The highest BCUT2D eigenvalue weighted by Crippen LogP contribution is 2.29. The van der Waals surface area contributed by atoms with Crippen LogP contribution in [0.1, 0.15) is 16.7 Å². The Morgan fingerprint density at radius 1 is 1.00 bits per heavy atom. The Labute approximate surface area is 137 Å². The molecule has 0 radical (unpaired) electrons. The Balaban J connectivity index is 2.18. The predicted molar refractivity (Wildman–Crippen MR) is 81.2 cm³/mol. The molecule has 8 heteroatoms. The fourth-order valence-electron chi connectivity index (χ4n) is 1.85. The molecule has 0 spiro atoms. The molecule has 3 nitrogen and oxygen atoms in total. The Morgan fingerprint density at radius 2 is 1.52 bits per heavy atom. The monoisotopic (exact) mass is 363 g/mol. The molecule has 2 aromatic rings. The normalized spacial score (nSPS) is 12.6. The van der Waals surface area contributed by atoms with E-state index in [2.05, 4.69) is 0 Å². The van der Waals surface area contributed by atoms with Crippen LogP contribution in [0.15, 0.2) is 53.4 Å². The van der Waals surface area contributed by atoms with Gasteiger partial charge in [0.1, 0.15) is 0 Å². The first kappa shape index (κ1) is 17.8. The lowest BCUT2D eigenvalue weighted by Gasteiger charge is -2.15. The van der Waals surface area contributed by atoms with E-state index in [4.69, 9.17) is 11.8 Å². The molecule has 0 aliphatic carbocycles. The van der Waals surface area contributed by atoms with E-state index in [0.717, 1.165) is 17.7 Å². The number of halogens is 4. The Hall–Kier alpha value is -1.57. The molecule has 2 rings (SSSR count). The van der Waals surface area contributed by atoms with Crippen LogP contribution in [0.2, 0.25) is 0 Å². The quantitative estimate of drug-likeness (QED) is 0.757. The van der Waals surface area contributed by atoms with Gasteiger partial charge in [0.05, 0.1) is 17.0 Å². The second-order valence-corrected chi connectivity index (χ2v) is 7.43. The van der Waals surface area contributed by atoms with Crippen molar-refractivity contribution in [2.24, 2.45) is 0 Å². The number of hydrogen-bond acceptors (Lipinski definition) is 2. The van der Waals surface area contributed by atoms with Crippen molar-refractivity contribution in [3.63, 3.8) is 0 Å². The molecule has 0 aliphatic rings. The third-order valence-electron chi connectivity index (χ3n) is 3.17. The van der Waals surface area contributed by atoms with E-state index < -0.39 is 21.8 Å². The van der Waals surface area contributed by atoms with Crippen LogP contribution < -0.4 is 0 Å². The van der Waals surface area contributed by atoms with Crippen LogP contribution in [-0.4, -0.2) is 12.2 Å². The highest BCUT2D eigenvalue weighted by atomic mass is 35.5. The molecule has 0 amide bonds. The number of nitrogens with zero attached hydrogens (tertiary/aromatic N) is 1. The topological polar surface area (TPSA) is 37.4 Å². The van der Waals surface area contributed by atoms with Gasteiger partial charge in [-0.1, -0.05) is 29.8 Å². The van der Waals surface area contributed by atoms with E-state index in [1.807, 2.05) is 6.92 Å². The van der Waals surface area contributed by atoms with Gasteiger partial charge in [0.15, 0.2) is 0 Å². The molecule has 0 fully saturated rings. The lowest BCUT2D eigenvalue weighted by molar-refractivity contribution is -0.137. The SMILES string of the molecule is Cc1ccc(S(=O)(=O)N(Cl)Cc2ccc(C(F)(F)F)cc2)cc1. The van der Waals surface area contributed by atoms with Crippen molar-refractivity contribution in [3.8, 4) is 0 Å². The lowest BCUT2D eigenvalue weighted by Crippen LogP contribution is -2.21. The molecule has 0 N–H and O–H groups in total.